The summed E-state index contributed by atoms with van der Waals surface area (Å²) in [5, 5.41) is 3.77. The maximum Gasteiger partial charge on any atom is 0.274 e. The van der Waals surface area contributed by atoms with E-state index >= 15 is 0 Å². The lowest BCUT2D eigenvalue weighted by atomic mass is 10.2. The van der Waals surface area contributed by atoms with E-state index in [1.165, 1.54) is 12.4 Å². The number of rotatable bonds is 4. The highest BCUT2D eigenvalue weighted by Gasteiger charge is 2.22. The van der Waals surface area contributed by atoms with Crippen molar-refractivity contribution in [1.29, 1.82) is 0 Å². The third kappa shape index (κ3) is 4.06. The summed E-state index contributed by atoms with van der Waals surface area (Å²) in [7, 11) is 0. The monoisotopic (exact) mass is 359 g/mol. The standard InChI is InChI=1S/C17H18ClN5O2/c1-12-2-3-13(8-14(12)18)21-16-10-19-15(9-20-16)17(25)23-6-4-22(11-24)5-7-23/h2-3,8-11H,4-7H2,1H3,(H,20,21). The van der Waals surface area contributed by atoms with Gasteiger partial charge in [-0.15, -0.1) is 0 Å². The molecule has 0 saturated carbocycles. The summed E-state index contributed by atoms with van der Waals surface area (Å²) in [4.78, 5) is 34.9. The normalized spacial score (nSPS) is 14.3. The van der Waals surface area contributed by atoms with Crippen LogP contribution in [-0.4, -0.2) is 58.3 Å². The summed E-state index contributed by atoms with van der Waals surface area (Å²) >= 11 is 6.10. The van der Waals surface area contributed by atoms with Crippen molar-refractivity contribution in [3.05, 3.63) is 46.9 Å². The Kier molecular flexibility index (Phi) is 5.14. The number of amides is 2. The van der Waals surface area contributed by atoms with E-state index in [0.717, 1.165) is 17.7 Å². The Balaban J connectivity index is 1.64. The number of aryl methyl sites for hydroxylation is 1. The number of hydrogen-bond acceptors (Lipinski definition) is 5. The largest absolute Gasteiger partial charge is 0.342 e. The zero-order valence-electron chi connectivity index (χ0n) is 13.8. The molecule has 0 spiro atoms. The summed E-state index contributed by atoms with van der Waals surface area (Å²) in [5.41, 5.74) is 2.08. The van der Waals surface area contributed by atoms with E-state index in [1.807, 2.05) is 25.1 Å². The second kappa shape index (κ2) is 7.48. The molecule has 2 amide bonds. The van der Waals surface area contributed by atoms with Crippen molar-refractivity contribution in [2.75, 3.05) is 31.5 Å². The quantitative estimate of drug-likeness (QED) is 0.846. The Hall–Kier alpha value is -2.67. The number of benzene rings is 1. The number of hydrogen-bond donors (Lipinski definition) is 1. The molecule has 8 heteroatoms. The molecular formula is C17H18ClN5O2. The van der Waals surface area contributed by atoms with Gasteiger partial charge in [0.05, 0.1) is 12.4 Å². The minimum atomic E-state index is -0.178. The molecule has 2 aromatic rings. The van der Waals surface area contributed by atoms with Gasteiger partial charge in [0.1, 0.15) is 11.5 Å². The van der Waals surface area contributed by atoms with Gasteiger partial charge in [-0.2, -0.15) is 0 Å². The predicted octanol–water partition coefficient (Wildman–Crippen LogP) is 2.10. The average molecular weight is 360 g/mol. The fraction of sp³-hybridized carbons (Fsp3) is 0.294. The SMILES string of the molecule is Cc1ccc(Nc2cnc(C(=O)N3CCN(C=O)CC3)cn2)cc1Cl. The molecule has 0 aliphatic carbocycles. The summed E-state index contributed by atoms with van der Waals surface area (Å²) in [5.74, 6) is 0.352. The van der Waals surface area contributed by atoms with E-state index in [4.69, 9.17) is 11.6 Å². The number of carbonyl (C=O) groups is 2. The summed E-state index contributed by atoms with van der Waals surface area (Å²) in [6, 6.07) is 5.62. The molecule has 130 valence electrons. The molecular weight excluding hydrogens is 342 g/mol. The second-order valence-corrected chi connectivity index (χ2v) is 6.22. The van der Waals surface area contributed by atoms with Crippen molar-refractivity contribution < 1.29 is 9.59 Å². The van der Waals surface area contributed by atoms with Gasteiger partial charge in [0.25, 0.3) is 5.91 Å². The lowest BCUT2D eigenvalue weighted by Gasteiger charge is -2.32. The zero-order chi connectivity index (χ0) is 17.8. The van der Waals surface area contributed by atoms with Gasteiger partial charge in [0, 0.05) is 36.9 Å². The second-order valence-electron chi connectivity index (χ2n) is 5.81. The van der Waals surface area contributed by atoms with E-state index in [0.29, 0.717) is 37.0 Å². The van der Waals surface area contributed by atoms with Crippen LogP contribution in [-0.2, 0) is 4.79 Å². The van der Waals surface area contributed by atoms with Crippen LogP contribution in [0.2, 0.25) is 5.02 Å². The highest BCUT2D eigenvalue weighted by molar-refractivity contribution is 6.31. The molecule has 7 nitrogen and oxygen atoms in total. The van der Waals surface area contributed by atoms with E-state index in [9.17, 15) is 9.59 Å². The molecule has 0 radical (unpaired) electrons. The molecule has 0 bridgehead atoms. The fourth-order valence-corrected chi connectivity index (χ4v) is 2.69. The Morgan fingerprint density at radius 1 is 1.20 bits per heavy atom. The van der Waals surface area contributed by atoms with Crippen molar-refractivity contribution >= 4 is 35.4 Å². The minimum absolute atomic E-state index is 0.178. The van der Waals surface area contributed by atoms with Crippen molar-refractivity contribution in [3.8, 4) is 0 Å². The molecule has 1 aromatic heterocycles. The Morgan fingerprint density at radius 2 is 1.96 bits per heavy atom. The number of halogens is 1. The number of aromatic nitrogens is 2. The number of carbonyl (C=O) groups excluding carboxylic acids is 2. The van der Waals surface area contributed by atoms with Gasteiger partial charge in [-0.3, -0.25) is 9.59 Å². The van der Waals surface area contributed by atoms with Crippen LogP contribution in [0.5, 0.6) is 0 Å². The van der Waals surface area contributed by atoms with Gasteiger partial charge in [-0.05, 0) is 24.6 Å². The van der Waals surface area contributed by atoms with E-state index < -0.39 is 0 Å². The van der Waals surface area contributed by atoms with Crippen molar-refractivity contribution in [3.63, 3.8) is 0 Å². The predicted molar refractivity (Wildman–Crippen MR) is 95.0 cm³/mol. The Labute approximate surface area is 150 Å². The third-order valence-corrected chi connectivity index (χ3v) is 4.47. The van der Waals surface area contributed by atoms with Crippen molar-refractivity contribution in [2.24, 2.45) is 0 Å². The van der Waals surface area contributed by atoms with Crippen molar-refractivity contribution in [2.45, 2.75) is 6.92 Å². The van der Waals surface area contributed by atoms with E-state index in [-0.39, 0.29) is 11.6 Å². The van der Waals surface area contributed by atoms with Crippen LogP contribution < -0.4 is 5.32 Å². The van der Waals surface area contributed by atoms with Gasteiger partial charge in [0.15, 0.2) is 0 Å². The molecule has 1 saturated heterocycles. The average Bonchev–Trinajstić information content (AvgIpc) is 2.65. The van der Waals surface area contributed by atoms with Crippen LogP contribution in [0, 0.1) is 6.92 Å². The van der Waals surface area contributed by atoms with Gasteiger partial charge in [-0.1, -0.05) is 17.7 Å². The number of anilines is 2. The maximum atomic E-state index is 12.4. The lowest BCUT2D eigenvalue weighted by Crippen LogP contribution is -2.48. The molecule has 1 aliphatic heterocycles. The molecule has 25 heavy (non-hydrogen) atoms. The lowest BCUT2D eigenvalue weighted by molar-refractivity contribution is -0.119. The molecule has 1 aromatic carbocycles. The Morgan fingerprint density at radius 3 is 2.56 bits per heavy atom. The summed E-state index contributed by atoms with van der Waals surface area (Å²) < 4.78 is 0. The zero-order valence-corrected chi connectivity index (χ0v) is 14.5. The molecule has 1 fully saturated rings. The number of nitrogens with zero attached hydrogens (tertiary/aromatic N) is 4. The van der Waals surface area contributed by atoms with Crippen LogP contribution in [0.3, 0.4) is 0 Å². The van der Waals surface area contributed by atoms with Crippen LogP contribution in [0.25, 0.3) is 0 Å². The highest BCUT2D eigenvalue weighted by Crippen LogP contribution is 2.22. The molecule has 1 aliphatic rings. The van der Waals surface area contributed by atoms with Gasteiger partial charge >= 0.3 is 0 Å². The van der Waals surface area contributed by atoms with Crippen LogP contribution in [0.4, 0.5) is 11.5 Å². The Bertz CT molecular complexity index is 773. The van der Waals surface area contributed by atoms with Gasteiger partial charge in [0.2, 0.25) is 6.41 Å². The molecule has 3 rings (SSSR count). The molecule has 0 atom stereocenters. The first-order valence-electron chi connectivity index (χ1n) is 7.90. The summed E-state index contributed by atoms with van der Waals surface area (Å²) in [6.45, 7) is 4.01. The minimum Gasteiger partial charge on any atom is -0.342 e. The highest BCUT2D eigenvalue weighted by atomic mass is 35.5. The first-order chi connectivity index (χ1) is 12.1. The first kappa shape index (κ1) is 17.2. The smallest absolute Gasteiger partial charge is 0.274 e. The fourth-order valence-electron chi connectivity index (χ4n) is 2.51. The summed E-state index contributed by atoms with van der Waals surface area (Å²) in [6.07, 6.45) is 3.77. The van der Waals surface area contributed by atoms with E-state index in [2.05, 4.69) is 15.3 Å². The van der Waals surface area contributed by atoms with Crippen LogP contribution >= 0.6 is 11.6 Å². The first-order valence-corrected chi connectivity index (χ1v) is 8.28. The third-order valence-electron chi connectivity index (χ3n) is 4.07. The van der Waals surface area contributed by atoms with Crippen molar-refractivity contribution in [1.82, 2.24) is 19.8 Å². The number of piperazine rings is 1. The number of nitrogens with one attached hydrogen (secondary N) is 1. The molecule has 0 unspecified atom stereocenters. The van der Waals surface area contributed by atoms with Gasteiger partial charge < -0.3 is 15.1 Å². The van der Waals surface area contributed by atoms with Crippen LogP contribution in [0.15, 0.2) is 30.6 Å². The topological polar surface area (TPSA) is 78.4 Å². The van der Waals surface area contributed by atoms with E-state index in [1.54, 1.807) is 9.80 Å². The van der Waals surface area contributed by atoms with Crippen LogP contribution in [0.1, 0.15) is 16.1 Å². The van der Waals surface area contributed by atoms with Gasteiger partial charge in [-0.25, -0.2) is 9.97 Å². The maximum absolute atomic E-state index is 12.4. The molecule has 2 heterocycles. The molecule has 1 N–H and O–H groups in total.